The maximum absolute atomic E-state index is 13.3. The zero-order chi connectivity index (χ0) is 11.4. The van der Waals surface area contributed by atoms with Crippen molar-refractivity contribution in [3.63, 3.8) is 0 Å². The van der Waals surface area contributed by atoms with Crippen LogP contribution in [0.15, 0.2) is 29.8 Å². The highest BCUT2D eigenvalue weighted by Crippen LogP contribution is 2.09. The van der Waals surface area contributed by atoms with Crippen LogP contribution in [0.5, 0.6) is 0 Å². The van der Waals surface area contributed by atoms with E-state index in [-0.39, 0.29) is 12.1 Å². The van der Waals surface area contributed by atoms with Gasteiger partial charge in [0.2, 0.25) is 0 Å². The summed E-state index contributed by atoms with van der Waals surface area (Å²) in [5.41, 5.74) is 0.782. The fourth-order valence-corrected chi connectivity index (χ4v) is 1.14. The van der Waals surface area contributed by atoms with Crippen molar-refractivity contribution in [3.8, 4) is 0 Å². The molecule has 1 aromatic carbocycles. The third kappa shape index (κ3) is 3.36. The summed E-state index contributed by atoms with van der Waals surface area (Å²) in [5, 5.41) is 2.75. The van der Waals surface area contributed by atoms with E-state index in [9.17, 15) is 9.18 Å². The monoisotopic (exact) mass is 227 g/mol. The minimum atomic E-state index is -0.535. The van der Waals surface area contributed by atoms with Crippen LogP contribution in [0.4, 0.5) is 4.39 Å². The van der Waals surface area contributed by atoms with Crippen molar-refractivity contribution >= 4 is 17.5 Å². The van der Waals surface area contributed by atoms with Gasteiger partial charge in [0.25, 0.3) is 5.91 Å². The molecule has 80 valence electrons. The fraction of sp³-hybridized carbons (Fsp3) is 0.182. The van der Waals surface area contributed by atoms with Crippen molar-refractivity contribution < 1.29 is 9.18 Å². The minimum Gasteiger partial charge on any atom is -0.347 e. The van der Waals surface area contributed by atoms with Crippen molar-refractivity contribution in [2.75, 3.05) is 6.54 Å². The van der Waals surface area contributed by atoms with Crippen LogP contribution in [0.2, 0.25) is 0 Å². The highest BCUT2D eigenvalue weighted by molar-refractivity contribution is 6.29. The molecule has 0 saturated carbocycles. The van der Waals surface area contributed by atoms with Crippen LogP contribution in [0.3, 0.4) is 0 Å². The lowest BCUT2D eigenvalue weighted by atomic mass is 10.1. The van der Waals surface area contributed by atoms with Crippen LogP contribution in [0.1, 0.15) is 15.9 Å². The molecule has 0 heterocycles. The Morgan fingerprint density at radius 3 is 2.80 bits per heavy atom. The lowest BCUT2D eigenvalue weighted by Crippen LogP contribution is -2.25. The largest absolute Gasteiger partial charge is 0.347 e. The normalized spacial score (nSPS) is 9.80. The average molecular weight is 228 g/mol. The first-order valence-corrected chi connectivity index (χ1v) is 4.76. The van der Waals surface area contributed by atoms with Crippen molar-refractivity contribution in [1.29, 1.82) is 0 Å². The van der Waals surface area contributed by atoms with E-state index in [2.05, 4.69) is 11.9 Å². The first-order valence-electron chi connectivity index (χ1n) is 4.38. The van der Waals surface area contributed by atoms with Crippen LogP contribution in [-0.2, 0) is 0 Å². The molecule has 0 aliphatic rings. The van der Waals surface area contributed by atoms with Gasteiger partial charge in [-0.1, -0.05) is 24.2 Å². The molecular formula is C11H11ClFNO. The quantitative estimate of drug-likeness (QED) is 0.845. The molecular weight excluding hydrogens is 217 g/mol. The molecule has 1 aromatic rings. The van der Waals surface area contributed by atoms with Gasteiger partial charge in [0.1, 0.15) is 5.82 Å². The second-order valence-electron chi connectivity index (χ2n) is 3.18. The molecule has 0 saturated heterocycles. The first-order chi connectivity index (χ1) is 7.00. The summed E-state index contributed by atoms with van der Waals surface area (Å²) in [6.45, 7) is 5.30. The van der Waals surface area contributed by atoms with Crippen molar-refractivity contribution in [3.05, 3.63) is 46.8 Å². The highest BCUT2D eigenvalue weighted by atomic mass is 35.5. The topological polar surface area (TPSA) is 29.1 Å². The molecule has 1 amide bonds. The van der Waals surface area contributed by atoms with Gasteiger partial charge in [-0.25, -0.2) is 4.39 Å². The lowest BCUT2D eigenvalue weighted by Gasteiger charge is -2.05. The van der Waals surface area contributed by atoms with Gasteiger partial charge in [0.05, 0.1) is 12.1 Å². The van der Waals surface area contributed by atoms with Crippen molar-refractivity contribution in [2.24, 2.45) is 0 Å². The standard InChI is InChI=1S/C11H11ClFNO/c1-7-3-4-9(10(13)5-7)11(15)14-6-8(2)12/h3-5H,2,6H2,1H3,(H,14,15). The third-order valence-corrected chi connectivity index (χ3v) is 1.94. The number of carbonyl (C=O) groups is 1. The van der Waals surface area contributed by atoms with E-state index >= 15 is 0 Å². The molecule has 0 radical (unpaired) electrons. The van der Waals surface area contributed by atoms with Crippen molar-refractivity contribution in [1.82, 2.24) is 5.32 Å². The predicted octanol–water partition coefficient (Wildman–Crippen LogP) is 2.62. The summed E-state index contributed by atoms with van der Waals surface area (Å²) in [5.74, 6) is -1.03. The number of halogens is 2. The summed E-state index contributed by atoms with van der Waals surface area (Å²) in [4.78, 5) is 11.4. The van der Waals surface area contributed by atoms with Crippen LogP contribution in [0, 0.1) is 12.7 Å². The SMILES string of the molecule is C=C(Cl)CNC(=O)c1ccc(C)cc1F. The van der Waals surface area contributed by atoms with E-state index in [1.165, 1.54) is 12.1 Å². The summed E-state index contributed by atoms with van der Waals surface area (Å²) >= 11 is 5.47. The molecule has 0 unspecified atom stereocenters. The number of amides is 1. The number of aryl methyl sites for hydroxylation is 1. The molecule has 0 aromatic heterocycles. The van der Waals surface area contributed by atoms with Gasteiger partial charge >= 0.3 is 0 Å². The fourth-order valence-electron chi connectivity index (χ4n) is 1.08. The maximum atomic E-state index is 13.3. The van der Waals surface area contributed by atoms with Crippen LogP contribution in [-0.4, -0.2) is 12.5 Å². The summed E-state index contributed by atoms with van der Waals surface area (Å²) in [7, 11) is 0. The third-order valence-electron chi connectivity index (χ3n) is 1.81. The highest BCUT2D eigenvalue weighted by Gasteiger charge is 2.10. The van der Waals surface area contributed by atoms with Crippen LogP contribution >= 0.6 is 11.6 Å². The summed E-state index contributed by atoms with van der Waals surface area (Å²) in [6, 6.07) is 4.43. The van der Waals surface area contributed by atoms with E-state index in [0.29, 0.717) is 5.03 Å². The van der Waals surface area contributed by atoms with Gasteiger partial charge in [0, 0.05) is 5.03 Å². The zero-order valence-corrected chi connectivity index (χ0v) is 9.07. The molecule has 4 heteroatoms. The molecule has 2 nitrogen and oxygen atoms in total. The molecule has 0 fully saturated rings. The molecule has 0 aliphatic heterocycles. The molecule has 0 spiro atoms. The molecule has 15 heavy (non-hydrogen) atoms. The van der Waals surface area contributed by atoms with E-state index in [1.54, 1.807) is 13.0 Å². The van der Waals surface area contributed by atoms with E-state index in [1.807, 2.05) is 0 Å². The Morgan fingerprint density at radius 2 is 2.27 bits per heavy atom. The van der Waals surface area contributed by atoms with Crippen molar-refractivity contribution in [2.45, 2.75) is 6.92 Å². The van der Waals surface area contributed by atoms with E-state index < -0.39 is 11.7 Å². The Kier molecular flexibility index (Phi) is 3.86. The van der Waals surface area contributed by atoms with Gasteiger partial charge in [-0.15, -0.1) is 0 Å². The summed E-state index contributed by atoms with van der Waals surface area (Å²) in [6.07, 6.45) is 0. The van der Waals surface area contributed by atoms with Crippen LogP contribution < -0.4 is 5.32 Å². The van der Waals surface area contributed by atoms with Gasteiger partial charge in [-0.3, -0.25) is 4.79 Å². The molecule has 0 atom stereocenters. The Balaban J connectivity index is 2.78. The molecule has 0 aliphatic carbocycles. The lowest BCUT2D eigenvalue weighted by molar-refractivity contribution is 0.0953. The Hall–Kier alpha value is -1.35. The molecule has 0 bridgehead atoms. The minimum absolute atomic E-state index is 0.0125. The van der Waals surface area contributed by atoms with Gasteiger partial charge in [0.15, 0.2) is 0 Å². The first kappa shape index (κ1) is 11.7. The van der Waals surface area contributed by atoms with Gasteiger partial charge < -0.3 is 5.32 Å². The second-order valence-corrected chi connectivity index (χ2v) is 3.72. The number of nitrogens with one attached hydrogen (secondary N) is 1. The molecule has 1 rings (SSSR count). The Labute approximate surface area is 92.7 Å². The van der Waals surface area contributed by atoms with Gasteiger partial charge in [-0.05, 0) is 24.6 Å². The molecule has 1 N–H and O–H groups in total. The summed E-state index contributed by atoms with van der Waals surface area (Å²) < 4.78 is 13.3. The second kappa shape index (κ2) is 4.94. The number of carbonyl (C=O) groups excluding carboxylic acids is 1. The Bertz CT molecular complexity index is 404. The smallest absolute Gasteiger partial charge is 0.254 e. The number of benzene rings is 1. The number of hydrogen-bond donors (Lipinski definition) is 1. The number of rotatable bonds is 3. The van der Waals surface area contributed by atoms with E-state index in [4.69, 9.17) is 11.6 Å². The predicted molar refractivity (Wildman–Crippen MR) is 58.5 cm³/mol. The average Bonchev–Trinajstić information content (AvgIpc) is 2.14. The maximum Gasteiger partial charge on any atom is 0.254 e. The van der Waals surface area contributed by atoms with E-state index in [0.717, 1.165) is 5.56 Å². The Morgan fingerprint density at radius 1 is 1.60 bits per heavy atom. The van der Waals surface area contributed by atoms with Crippen LogP contribution in [0.25, 0.3) is 0 Å². The van der Waals surface area contributed by atoms with Gasteiger partial charge in [-0.2, -0.15) is 0 Å². The zero-order valence-electron chi connectivity index (χ0n) is 8.31. The number of hydrogen-bond acceptors (Lipinski definition) is 1.